The molecule has 1 amide bonds. The molecule has 0 heterocycles. The number of rotatable bonds is 5. The van der Waals surface area contributed by atoms with Crippen LogP contribution >= 0.6 is 0 Å². The van der Waals surface area contributed by atoms with Gasteiger partial charge in [0.15, 0.2) is 0 Å². The Morgan fingerprint density at radius 1 is 1.21 bits per heavy atom. The average Bonchev–Trinajstić information content (AvgIpc) is 2.45. The number of benzene rings is 1. The van der Waals surface area contributed by atoms with Gasteiger partial charge < -0.3 is 15.7 Å². The van der Waals surface area contributed by atoms with Crippen LogP contribution in [-0.2, 0) is 11.3 Å². The maximum Gasteiger partial charge on any atom is 0.234 e. The Hall–Kier alpha value is -1.39. The summed E-state index contributed by atoms with van der Waals surface area (Å²) in [6.07, 6.45) is 3.69. The fourth-order valence-electron chi connectivity index (χ4n) is 2.43. The summed E-state index contributed by atoms with van der Waals surface area (Å²) in [6.45, 7) is 0.823. The highest BCUT2D eigenvalue weighted by Crippen LogP contribution is 2.17. The normalized spacial score (nSPS) is 23.0. The molecule has 1 aliphatic rings. The minimum atomic E-state index is -0.310. The Kier molecular flexibility index (Phi) is 5.36. The Balaban J connectivity index is 1.67. The van der Waals surface area contributed by atoms with Crippen LogP contribution in [0.1, 0.15) is 31.2 Å². The lowest BCUT2D eigenvalue weighted by atomic mass is 9.93. The summed E-state index contributed by atoms with van der Waals surface area (Å²) >= 11 is 0. The minimum absolute atomic E-state index is 0.0263. The van der Waals surface area contributed by atoms with Crippen molar-refractivity contribution in [3.63, 3.8) is 0 Å². The molecule has 4 heteroatoms. The number of nitrogens with one attached hydrogen (secondary N) is 2. The van der Waals surface area contributed by atoms with Crippen molar-refractivity contribution >= 4 is 5.91 Å². The highest BCUT2D eigenvalue weighted by atomic mass is 16.3. The van der Waals surface area contributed by atoms with Gasteiger partial charge in [0.25, 0.3) is 0 Å². The Morgan fingerprint density at radius 2 is 1.95 bits per heavy atom. The summed E-state index contributed by atoms with van der Waals surface area (Å²) in [6, 6.07) is 9.90. The van der Waals surface area contributed by atoms with Crippen LogP contribution in [0.25, 0.3) is 0 Å². The van der Waals surface area contributed by atoms with Gasteiger partial charge in [-0.2, -0.15) is 0 Å². The van der Waals surface area contributed by atoms with Crippen molar-refractivity contribution in [2.75, 3.05) is 6.54 Å². The third kappa shape index (κ3) is 4.65. The molecule has 0 spiro atoms. The highest BCUT2D eigenvalue weighted by Gasteiger charge is 2.22. The number of aliphatic hydroxyl groups is 1. The van der Waals surface area contributed by atoms with Gasteiger partial charge in [-0.3, -0.25) is 4.79 Å². The molecule has 104 valence electrons. The number of hydrogen-bond acceptors (Lipinski definition) is 3. The molecule has 0 aliphatic heterocycles. The lowest BCUT2D eigenvalue weighted by Gasteiger charge is -2.28. The first-order chi connectivity index (χ1) is 9.25. The van der Waals surface area contributed by atoms with Crippen LogP contribution in [0.15, 0.2) is 30.3 Å². The maximum atomic E-state index is 11.7. The van der Waals surface area contributed by atoms with Crippen molar-refractivity contribution in [2.45, 2.75) is 44.4 Å². The standard InChI is InChI=1S/C15H22N2O2/c18-14-9-5-4-8-13(14)16-11-15(19)17-10-12-6-2-1-3-7-12/h1-3,6-7,13-14,16,18H,4-5,8-11H2,(H,17,19)/t13-,14-/m0/s1. The molecule has 1 aromatic carbocycles. The van der Waals surface area contributed by atoms with Crippen molar-refractivity contribution in [1.82, 2.24) is 10.6 Å². The molecule has 1 saturated carbocycles. The van der Waals surface area contributed by atoms with Gasteiger partial charge in [0.1, 0.15) is 0 Å². The zero-order chi connectivity index (χ0) is 13.5. The third-order valence-corrected chi connectivity index (χ3v) is 3.59. The zero-order valence-corrected chi connectivity index (χ0v) is 11.1. The third-order valence-electron chi connectivity index (χ3n) is 3.59. The Morgan fingerprint density at radius 3 is 2.68 bits per heavy atom. The quantitative estimate of drug-likeness (QED) is 0.747. The molecule has 2 atom stereocenters. The molecule has 1 aliphatic carbocycles. The molecule has 1 aromatic rings. The SMILES string of the molecule is O=C(CN[C@H]1CCCC[C@@H]1O)NCc1ccccc1. The van der Waals surface area contributed by atoms with Crippen LogP contribution in [0.2, 0.25) is 0 Å². The topological polar surface area (TPSA) is 61.4 Å². The molecule has 2 rings (SSSR count). The first kappa shape index (κ1) is 14.0. The van der Waals surface area contributed by atoms with Crippen LogP contribution in [0.5, 0.6) is 0 Å². The Labute approximate surface area is 114 Å². The predicted molar refractivity (Wildman–Crippen MR) is 74.6 cm³/mol. The van der Waals surface area contributed by atoms with Gasteiger partial charge in [-0.05, 0) is 18.4 Å². The van der Waals surface area contributed by atoms with Crippen molar-refractivity contribution in [3.8, 4) is 0 Å². The van der Waals surface area contributed by atoms with Gasteiger partial charge in [0, 0.05) is 12.6 Å². The molecule has 4 nitrogen and oxygen atoms in total. The smallest absolute Gasteiger partial charge is 0.234 e. The van der Waals surface area contributed by atoms with Crippen molar-refractivity contribution in [3.05, 3.63) is 35.9 Å². The van der Waals surface area contributed by atoms with E-state index in [1.165, 1.54) is 0 Å². The summed E-state index contributed by atoms with van der Waals surface area (Å²) in [5.41, 5.74) is 1.09. The second-order valence-electron chi connectivity index (χ2n) is 5.10. The van der Waals surface area contributed by atoms with E-state index in [1.807, 2.05) is 30.3 Å². The van der Waals surface area contributed by atoms with E-state index in [2.05, 4.69) is 10.6 Å². The van der Waals surface area contributed by atoms with Crippen LogP contribution in [0.3, 0.4) is 0 Å². The molecule has 3 N–H and O–H groups in total. The van der Waals surface area contributed by atoms with E-state index >= 15 is 0 Å². The summed E-state index contributed by atoms with van der Waals surface area (Å²) in [4.78, 5) is 11.7. The van der Waals surface area contributed by atoms with Crippen LogP contribution < -0.4 is 10.6 Å². The van der Waals surface area contributed by atoms with Gasteiger partial charge in [-0.1, -0.05) is 43.2 Å². The largest absolute Gasteiger partial charge is 0.392 e. The molecule has 1 fully saturated rings. The van der Waals surface area contributed by atoms with E-state index in [-0.39, 0.29) is 24.6 Å². The van der Waals surface area contributed by atoms with Gasteiger partial charge in [0.2, 0.25) is 5.91 Å². The molecular formula is C15H22N2O2. The second kappa shape index (κ2) is 7.26. The van der Waals surface area contributed by atoms with Crippen molar-refractivity contribution in [1.29, 1.82) is 0 Å². The Bertz CT molecular complexity index is 394. The molecule has 19 heavy (non-hydrogen) atoms. The fourth-order valence-corrected chi connectivity index (χ4v) is 2.43. The monoisotopic (exact) mass is 262 g/mol. The molecule has 0 saturated heterocycles. The fraction of sp³-hybridized carbons (Fsp3) is 0.533. The lowest BCUT2D eigenvalue weighted by Crippen LogP contribution is -2.46. The zero-order valence-electron chi connectivity index (χ0n) is 11.1. The van der Waals surface area contributed by atoms with Crippen molar-refractivity contribution < 1.29 is 9.90 Å². The van der Waals surface area contributed by atoms with Gasteiger partial charge in [0.05, 0.1) is 12.6 Å². The second-order valence-corrected chi connectivity index (χ2v) is 5.10. The van der Waals surface area contributed by atoms with Crippen LogP contribution in [0.4, 0.5) is 0 Å². The lowest BCUT2D eigenvalue weighted by molar-refractivity contribution is -0.120. The average molecular weight is 262 g/mol. The van der Waals surface area contributed by atoms with E-state index < -0.39 is 0 Å². The number of carbonyl (C=O) groups is 1. The molecule has 0 unspecified atom stereocenters. The maximum absolute atomic E-state index is 11.7. The summed E-state index contributed by atoms with van der Waals surface area (Å²) in [5, 5.41) is 15.8. The predicted octanol–water partition coefficient (Wildman–Crippen LogP) is 1.20. The first-order valence-electron chi connectivity index (χ1n) is 6.98. The van der Waals surface area contributed by atoms with E-state index in [0.717, 1.165) is 31.2 Å². The molecular weight excluding hydrogens is 240 g/mol. The van der Waals surface area contributed by atoms with E-state index in [1.54, 1.807) is 0 Å². The number of amides is 1. The number of carbonyl (C=O) groups excluding carboxylic acids is 1. The van der Waals surface area contributed by atoms with Crippen LogP contribution in [-0.4, -0.2) is 29.7 Å². The molecule has 0 aromatic heterocycles. The summed E-state index contributed by atoms with van der Waals surface area (Å²) in [7, 11) is 0. The minimum Gasteiger partial charge on any atom is -0.392 e. The summed E-state index contributed by atoms with van der Waals surface area (Å²) in [5.74, 6) is -0.0263. The van der Waals surface area contributed by atoms with E-state index in [0.29, 0.717) is 6.54 Å². The van der Waals surface area contributed by atoms with Gasteiger partial charge in [-0.15, -0.1) is 0 Å². The number of hydrogen-bond donors (Lipinski definition) is 3. The van der Waals surface area contributed by atoms with Crippen molar-refractivity contribution in [2.24, 2.45) is 0 Å². The number of aliphatic hydroxyl groups excluding tert-OH is 1. The highest BCUT2D eigenvalue weighted by molar-refractivity contribution is 5.78. The molecule has 0 radical (unpaired) electrons. The van der Waals surface area contributed by atoms with E-state index in [9.17, 15) is 9.90 Å². The van der Waals surface area contributed by atoms with Gasteiger partial charge in [-0.25, -0.2) is 0 Å². The summed E-state index contributed by atoms with van der Waals surface area (Å²) < 4.78 is 0. The van der Waals surface area contributed by atoms with Gasteiger partial charge >= 0.3 is 0 Å². The first-order valence-corrected chi connectivity index (χ1v) is 6.98. The van der Waals surface area contributed by atoms with E-state index in [4.69, 9.17) is 0 Å². The van der Waals surface area contributed by atoms with Crippen LogP contribution in [0, 0.1) is 0 Å². The molecule has 0 bridgehead atoms.